The molecule has 1 fully saturated rings. The Labute approximate surface area is 123 Å². The Bertz CT molecular complexity index is 582. The molecule has 1 aliphatic heterocycles. The van der Waals surface area contributed by atoms with Gasteiger partial charge < -0.3 is 5.32 Å². The summed E-state index contributed by atoms with van der Waals surface area (Å²) in [7, 11) is 0. The zero-order chi connectivity index (χ0) is 13.4. The molecule has 3 heterocycles. The van der Waals surface area contributed by atoms with Crippen molar-refractivity contribution in [3.63, 3.8) is 0 Å². The van der Waals surface area contributed by atoms with Gasteiger partial charge >= 0.3 is 0 Å². The molecule has 0 amide bonds. The van der Waals surface area contributed by atoms with Crippen molar-refractivity contribution in [2.45, 2.75) is 50.5 Å². The summed E-state index contributed by atoms with van der Waals surface area (Å²) in [4.78, 5) is 6.30. The molecule has 4 rings (SSSR count). The van der Waals surface area contributed by atoms with Gasteiger partial charge in [0, 0.05) is 17.3 Å². The maximum Gasteiger partial charge on any atom is 0.153 e. The third kappa shape index (κ3) is 2.19. The molecule has 0 aromatic carbocycles. The number of aromatic nitrogens is 3. The topological polar surface area (TPSA) is 53.6 Å². The molecule has 1 unspecified atom stereocenters. The van der Waals surface area contributed by atoms with Gasteiger partial charge in [-0.05, 0) is 36.3 Å². The van der Waals surface area contributed by atoms with Crippen molar-refractivity contribution < 1.29 is 0 Å². The van der Waals surface area contributed by atoms with E-state index in [0.717, 1.165) is 24.6 Å². The van der Waals surface area contributed by atoms with Crippen LogP contribution in [0, 0.1) is 0 Å². The number of fused-ring (bicyclic) bond motifs is 1. The Morgan fingerprint density at radius 3 is 3.00 bits per heavy atom. The maximum absolute atomic E-state index is 4.81. The highest BCUT2D eigenvalue weighted by Crippen LogP contribution is 2.33. The van der Waals surface area contributed by atoms with E-state index in [2.05, 4.69) is 27.0 Å². The number of hydrogen-bond acceptors (Lipinski definition) is 4. The van der Waals surface area contributed by atoms with Gasteiger partial charge in [0.25, 0.3) is 0 Å². The van der Waals surface area contributed by atoms with E-state index in [1.807, 2.05) is 11.3 Å². The van der Waals surface area contributed by atoms with Crippen molar-refractivity contribution in [3.05, 3.63) is 33.5 Å². The molecule has 20 heavy (non-hydrogen) atoms. The highest BCUT2D eigenvalue weighted by molar-refractivity contribution is 7.10. The molecule has 0 saturated heterocycles. The summed E-state index contributed by atoms with van der Waals surface area (Å²) in [6, 6.07) is 2.43. The lowest BCUT2D eigenvalue weighted by molar-refractivity contribution is 0.429. The molecule has 0 bridgehead atoms. The van der Waals surface area contributed by atoms with Crippen LogP contribution in [0.25, 0.3) is 0 Å². The summed E-state index contributed by atoms with van der Waals surface area (Å²) in [5, 5.41) is 13.4. The second-order valence-electron chi connectivity index (χ2n) is 5.85. The lowest BCUT2D eigenvalue weighted by atomic mass is 9.89. The van der Waals surface area contributed by atoms with Crippen LogP contribution in [0.15, 0.2) is 11.4 Å². The SMILES string of the molecule is c1cc2c(s1)CCNC2c1nc(C2CCCCC2)n[nH]1. The molecule has 0 radical (unpaired) electrons. The Balaban J connectivity index is 1.60. The minimum absolute atomic E-state index is 0.204. The molecule has 4 nitrogen and oxygen atoms in total. The van der Waals surface area contributed by atoms with Crippen molar-refractivity contribution >= 4 is 11.3 Å². The standard InChI is InChI=1S/C15H20N4S/c1-2-4-10(5-3-1)14-17-15(19-18-14)13-11-7-9-20-12(11)6-8-16-13/h7,9-10,13,16H,1-6,8H2,(H,17,18,19). The molecule has 2 aliphatic rings. The second-order valence-corrected chi connectivity index (χ2v) is 6.85. The number of H-pyrrole nitrogens is 1. The van der Waals surface area contributed by atoms with Crippen LogP contribution in [0.4, 0.5) is 0 Å². The average Bonchev–Trinajstić information content (AvgIpc) is 3.17. The second kappa shape index (κ2) is 5.30. The van der Waals surface area contributed by atoms with Crippen molar-refractivity contribution in [2.24, 2.45) is 0 Å². The average molecular weight is 288 g/mol. The van der Waals surface area contributed by atoms with E-state index < -0.39 is 0 Å². The molecule has 0 spiro atoms. The molecule has 1 aliphatic carbocycles. The van der Waals surface area contributed by atoms with E-state index in [-0.39, 0.29) is 6.04 Å². The monoisotopic (exact) mass is 288 g/mol. The van der Waals surface area contributed by atoms with Gasteiger partial charge in [-0.1, -0.05) is 19.3 Å². The Morgan fingerprint density at radius 1 is 1.20 bits per heavy atom. The summed E-state index contributed by atoms with van der Waals surface area (Å²) < 4.78 is 0. The summed E-state index contributed by atoms with van der Waals surface area (Å²) in [5.74, 6) is 2.59. The van der Waals surface area contributed by atoms with E-state index in [4.69, 9.17) is 4.98 Å². The fourth-order valence-corrected chi connectivity index (χ4v) is 4.38. The van der Waals surface area contributed by atoms with E-state index in [9.17, 15) is 0 Å². The molecule has 2 N–H and O–H groups in total. The van der Waals surface area contributed by atoms with Crippen molar-refractivity contribution in [1.29, 1.82) is 0 Å². The van der Waals surface area contributed by atoms with E-state index in [1.165, 1.54) is 42.5 Å². The smallest absolute Gasteiger partial charge is 0.153 e. The highest BCUT2D eigenvalue weighted by Gasteiger charge is 2.27. The Kier molecular flexibility index (Phi) is 3.32. The van der Waals surface area contributed by atoms with Crippen LogP contribution in [0.5, 0.6) is 0 Å². The van der Waals surface area contributed by atoms with Crippen LogP contribution < -0.4 is 5.32 Å². The molecular formula is C15H20N4S. The van der Waals surface area contributed by atoms with Gasteiger partial charge in [-0.25, -0.2) is 4.98 Å². The van der Waals surface area contributed by atoms with Gasteiger partial charge in [0.15, 0.2) is 5.82 Å². The number of hydrogen-bond donors (Lipinski definition) is 2. The number of nitrogens with zero attached hydrogens (tertiary/aromatic N) is 2. The highest BCUT2D eigenvalue weighted by atomic mass is 32.1. The first-order valence-electron chi connectivity index (χ1n) is 7.63. The van der Waals surface area contributed by atoms with Crippen molar-refractivity contribution in [2.75, 3.05) is 6.54 Å². The normalized spacial score (nSPS) is 23.7. The molecule has 2 aromatic heterocycles. The van der Waals surface area contributed by atoms with Gasteiger partial charge in [-0.3, -0.25) is 5.10 Å². The maximum atomic E-state index is 4.81. The van der Waals surface area contributed by atoms with Crippen LogP contribution >= 0.6 is 11.3 Å². The minimum Gasteiger partial charge on any atom is -0.303 e. The van der Waals surface area contributed by atoms with Crippen LogP contribution in [-0.2, 0) is 6.42 Å². The summed E-state index contributed by atoms with van der Waals surface area (Å²) in [5.41, 5.74) is 1.38. The van der Waals surface area contributed by atoms with Crippen molar-refractivity contribution in [3.8, 4) is 0 Å². The number of nitrogens with one attached hydrogen (secondary N) is 2. The Hall–Kier alpha value is -1.20. The summed E-state index contributed by atoms with van der Waals surface area (Å²) in [6.45, 7) is 1.03. The van der Waals surface area contributed by atoms with Crippen LogP contribution in [0.3, 0.4) is 0 Å². The molecule has 2 aromatic rings. The van der Waals surface area contributed by atoms with Gasteiger partial charge in [0.1, 0.15) is 5.82 Å². The summed E-state index contributed by atoms with van der Waals surface area (Å²) >= 11 is 1.86. The first-order valence-corrected chi connectivity index (χ1v) is 8.51. The zero-order valence-corrected chi connectivity index (χ0v) is 12.4. The molecule has 106 valence electrons. The fraction of sp³-hybridized carbons (Fsp3) is 0.600. The lowest BCUT2D eigenvalue weighted by Crippen LogP contribution is -2.30. The number of thiophene rings is 1. The predicted octanol–water partition coefficient (Wildman–Crippen LogP) is 3.15. The summed E-state index contributed by atoms with van der Waals surface area (Å²) in [6.07, 6.45) is 7.65. The largest absolute Gasteiger partial charge is 0.303 e. The van der Waals surface area contributed by atoms with Crippen LogP contribution in [-0.4, -0.2) is 21.7 Å². The van der Waals surface area contributed by atoms with E-state index >= 15 is 0 Å². The zero-order valence-electron chi connectivity index (χ0n) is 11.6. The van der Waals surface area contributed by atoms with Gasteiger partial charge in [-0.15, -0.1) is 11.3 Å². The lowest BCUT2D eigenvalue weighted by Gasteiger charge is -2.22. The predicted molar refractivity (Wildman–Crippen MR) is 80.1 cm³/mol. The first-order chi connectivity index (χ1) is 9.92. The number of rotatable bonds is 2. The molecule has 1 atom stereocenters. The molecular weight excluding hydrogens is 268 g/mol. The number of aromatic amines is 1. The quantitative estimate of drug-likeness (QED) is 0.892. The van der Waals surface area contributed by atoms with E-state index in [0.29, 0.717) is 5.92 Å². The fourth-order valence-electron chi connectivity index (χ4n) is 3.46. The first kappa shape index (κ1) is 12.5. The third-order valence-corrected chi connectivity index (χ3v) is 5.55. The van der Waals surface area contributed by atoms with Gasteiger partial charge in [0.05, 0.1) is 6.04 Å². The minimum atomic E-state index is 0.204. The van der Waals surface area contributed by atoms with E-state index in [1.54, 1.807) is 0 Å². The van der Waals surface area contributed by atoms with Gasteiger partial charge in [0.2, 0.25) is 0 Å². The van der Waals surface area contributed by atoms with Crippen LogP contribution in [0.2, 0.25) is 0 Å². The Morgan fingerprint density at radius 2 is 2.10 bits per heavy atom. The third-order valence-electron chi connectivity index (χ3n) is 4.56. The molecule has 1 saturated carbocycles. The van der Waals surface area contributed by atoms with Crippen LogP contribution in [0.1, 0.15) is 66.2 Å². The molecule has 5 heteroatoms. The van der Waals surface area contributed by atoms with Crippen molar-refractivity contribution in [1.82, 2.24) is 20.5 Å². The van der Waals surface area contributed by atoms with Gasteiger partial charge in [-0.2, -0.15) is 5.10 Å².